The van der Waals surface area contributed by atoms with Crippen molar-refractivity contribution in [3.05, 3.63) is 55.1 Å². The molecule has 0 aliphatic rings. The van der Waals surface area contributed by atoms with Gasteiger partial charge in [-0.15, -0.1) is 0 Å². The molecule has 25 heavy (non-hydrogen) atoms. The molecule has 0 aromatic heterocycles. The Morgan fingerprint density at radius 1 is 1.00 bits per heavy atom. The second-order valence-corrected chi connectivity index (χ2v) is 4.86. The summed E-state index contributed by atoms with van der Waals surface area (Å²) in [6, 6.07) is 6.93. The normalized spacial score (nSPS) is 9.64. The van der Waals surface area contributed by atoms with Crippen LogP contribution in [0.3, 0.4) is 0 Å². The van der Waals surface area contributed by atoms with E-state index in [0.717, 1.165) is 17.8 Å². The van der Waals surface area contributed by atoms with Crippen molar-refractivity contribution in [1.82, 2.24) is 4.90 Å². The highest BCUT2D eigenvalue weighted by atomic mass is 16.5. The third-order valence-corrected chi connectivity index (χ3v) is 3.25. The van der Waals surface area contributed by atoms with Gasteiger partial charge >= 0.3 is 11.9 Å². The summed E-state index contributed by atoms with van der Waals surface area (Å²) in [5.41, 5.74) is 1.35. The van der Waals surface area contributed by atoms with Crippen LogP contribution in [0, 0.1) is 0 Å². The number of amides is 1. The van der Waals surface area contributed by atoms with Crippen LogP contribution in [0.25, 0.3) is 0 Å². The van der Waals surface area contributed by atoms with Crippen molar-refractivity contribution in [1.29, 1.82) is 0 Å². The zero-order valence-electron chi connectivity index (χ0n) is 14.2. The van der Waals surface area contributed by atoms with E-state index >= 15 is 0 Å². The van der Waals surface area contributed by atoms with Crippen LogP contribution in [0.4, 0.5) is 5.69 Å². The van der Waals surface area contributed by atoms with Crippen molar-refractivity contribution in [3.8, 4) is 0 Å². The van der Waals surface area contributed by atoms with Gasteiger partial charge in [-0.2, -0.15) is 0 Å². The summed E-state index contributed by atoms with van der Waals surface area (Å²) >= 11 is 0. The number of anilines is 1. The van der Waals surface area contributed by atoms with Gasteiger partial charge in [-0.1, -0.05) is 13.2 Å². The molecular weight excluding hydrogens is 324 g/mol. The fourth-order valence-corrected chi connectivity index (χ4v) is 1.91. The number of nitrogens with one attached hydrogen (secondary N) is 1. The lowest BCUT2D eigenvalue weighted by Gasteiger charge is -2.22. The van der Waals surface area contributed by atoms with Crippen LogP contribution in [-0.2, 0) is 19.1 Å². The van der Waals surface area contributed by atoms with Crippen LogP contribution < -0.4 is 5.32 Å². The second-order valence-electron chi connectivity index (χ2n) is 4.86. The van der Waals surface area contributed by atoms with Gasteiger partial charge in [0.05, 0.1) is 13.1 Å². The number of benzene rings is 1. The molecule has 0 aliphatic heterocycles. The van der Waals surface area contributed by atoms with Crippen molar-refractivity contribution in [2.45, 2.75) is 0 Å². The minimum absolute atomic E-state index is 0.0145. The third kappa shape index (κ3) is 6.90. The zero-order chi connectivity index (χ0) is 18.7. The van der Waals surface area contributed by atoms with E-state index < -0.39 is 11.9 Å². The molecule has 1 N–H and O–H groups in total. The van der Waals surface area contributed by atoms with E-state index in [1.54, 1.807) is 31.3 Å². The fraction of sp³-hybridized carbons (Fsp3) is 0.278. The molecule has 0 unspecified atom stereocenters. The lowest BCUT2D eigenvalue weighted by Crippen LogP contribution is -2.37. The third-order valence-electron chi connectivity index (χ3n) is 3.25. The van der Waals surface area contributed by atoms with Crippen molar-refractivity contribution < 1.29 is 23.9 Å². The van der Waals surface area contributed by atoms with Crippen LogP contribution in [-0.4, -0.2) is 56.1 Å². The average molecular weight is 346 g/mol. The van der Waals surface area contributed by atoms with Crippen LogP contribution in [0.5, 0.6) is 0 Å². The molecule has 0 fully saturated rings. The van der Waals surface area contributed by atoms with Gasteiger partial charge < -0.3 is 19.7 Å². The first-order chi connectivity index (χ1) is 12.0. The highest BCUT2D eigenvalue weighted by Gasteiger charge is 2.16. The molecule has 1 aromatic carbocycles. The van der Waals surface area contributed by atoms with E-state index in [1.807, 2.05) is 0 Å². The standard InChI is InChI=1S/C18H22N2O5/c1-4-16(21)24-12-10-20(11-13-25-17(22)5-2)18(23)14-6-8-15(19-3)9-7-14/h4-9,19H,1-2,10-13H2,3H3. The zero-order valence-corrected chi connectivity index (χ0v) is 14.2. The minimum atomic E-state index is -0.566. The maximum atomic E-state index is 12.6. The fourth-order valence-electron chi connectivity index (χ4n) is 1.91. The molecule has 0 spiro atoms. The average Bonchev–Trinajstić information content (AvgIpc) is 2.65. The SMILES string of the molecule is C=CC(=O)OCCN(CCOC(=O)C=C)C(=O)c1ccc(NC)cc1. The summed E-state index contributed by atoms with van der Waals surface area (Å²) < 4.78 is 9.82. The van der Waals surface area contributed by atoms with Gasteiger partial charge in [0.1, 0.15) is 13.2 Å². The summed E-state index contributed by atoms with van der Waals surface area (Å²) in [6.45, 7) is 6.97. The van der Waals surface area contributed by atoms with Gasteiger partial charge in [0.15, 0.2) is 0 Å². The monoisotopic (exact) mass is 346 g/mol. The van der Waals surface area contributed by atoms with Crippen molar-refractivity contribution in [3.63, 3.8) is 0 Å². The molecule has 0 bridgehead atoms. The largest absolute Gasteiger partial charge is 0.461 e. The molecular formula is C18H22N2O5. The summed E-state index contributed by atoms with van der Waals surface area (Å²) in [4.78, 5) is 36.3. The number of hydrogen-bond donors (Lipinski definition) is 1. The molecule has 134 valence electrons. The van der Waals surface area contributed by atoms with E-state index in [2.05, 4.69) is 18.5 Å². The number of hydrogen-bond acceptors (Lipinski definition) is 6. The summed E-state index contributed by atoms with van der Waals surface area (Å²) in [5, 5.41) is 2.97. The van der Waals surface area contributed by atoms with E-state index in [4.69, 9.17) is 9.47 Å². The number of nitrogens with zero attached hydrogens (tertiary/aromatic N) is 1. The summed E-state index contributed by atoms with van der Waals surface area (Å²) in [5.74, 6) is -1.39. The molecule has 0 heterocycles. The quantitative estimate of drug-likeness (QED) is 0.512. The van der Waals surface area contributed by atoms with Gasteiger partial charge in [0, 0.05) is 30.5 Å². The maximum Gasteiger partial charge on any atom is 0.330 e. The summed E-state index contributed by atoms with van der Waals surface area (Å²) in [7, 11) is 1.78. The Morgan fingerprint density at radius 3 is 1.88 bits per heavy atom. The molecule has 1 aromatic rings. The van der Waals surface area contributed by atoms with Gasteiger partial charge in [0.25, 0.3) is 5.91 Å². The number of carbonyl (C=O) groups is 3. The molecule has 0 atom stereocenters. The number of carbonyl (C=O) groups excluding carboxylic acids is 3. The highest BCUT2D eigenvalue weighted by molar-refractivity contribution is 5.94. The van der Waals surface area contributed by atoms with Gasteiger partial charge in [0.2, 0.25) is 0 Å². The Bertz CT molecular complexity index is 599. The molecule has 0 saturated carbocycles. The van der Waals surface area contributed by atoms with Crippen molar-refractivity contribution in [2.24, 2.45) is 0 Å². The summed E-state index contributed by atoms with van der Waals surface area (Å²) in [6.07, 6.45) is 2.10. The molecule has 0 saturated heterocycles. The molecule has 1 amide bonds. The highest BCUT2D eigenvalue weighted by Crippen LogP contribution is 2.11. The molecule has 7 heteroatoms. The van der Waals surface area contributed by atoms with Crippen molar-refractivity contribution >= 4 is 23.5 Å². The van der Waals surface area contributed by atoms with E-state index in [-0.39, 0.29) is 32.2 Å². The van der Waals surface area contributed by atoms with Crippen LogP contribution in [0.1, 0.15) is 10.4 Å². The van der Waals surface area contributed by atoms with Crippen LogP contribution >= 0.6 is 0 Å². The predicted molar refractivity (Wildman–Crippen MR) is 94.2 cm³/mol. The van der Waals surface area contributed by atoms with E-state index in [9.17, 15) is 14.4 Å². The van der Waals surface area contributed by atoms with E-state index in [1.165, 1.54) is 4.90 Å². The minimum Gasteiger partial charge on any atom is -0.461 e. The molecule has 0 aliphatic carbocycles. The Morgan fingerprint density at radius 2 is 1.48 bits per heavy atom. The van der Waals surface area contributed by atoms with E-state index in [0.29, 0.717) is 5.56 Å². The number of esters is 2. The first-order valence-electron chi connectivity index (χ1n) is 7.67. The Balaban J connectivity index is 2.73. The Kier molecular flexibility index (Phi) is 8.49. The Labute approximate surface area is 146 Å². The van der Waals surface area contributed by atoms with Crippen LogP contribution in [0.15, 0.2) is 49.6 Å². The lowest BCUT2D eigenvalue weighted by molar-refractivity contribution is -0.138. The number of ether oxygens (including phenoxy) is 2. The van der Waals surface area contributed by atoms with Crippen molar-refractivity contribution in [2.75, 3.05) is 38.7 Å². The molecule has 7 nitrogen and oxygen atoms in total. The topological polar surface area (TPSA) is 84.9 Å². The smallest absolute Gasteiger partial charge is 0.330 e. The lowest BCUT2D eigenvalue weighted by atomic mass is 10.2. The second kappa shape index (κ2) is 10.6. The molecule has 1 rings (SSSR count). The predicted octanol–water partition coefficient (Wildman–Crippen LogP) is 1.63. The maximum absolute atomic E-state index is 12.6. The van der Waals surface area contributed by atoms with Crippen LogP contribution in [0.2, 0.25) is 0 Å². The van der Waals surface area contributed by atoms with Gasteiger partial charge in [-0.05, 0) is 24.3 Å². The molecule has 0 radical (unpaired) electrons. The van der Waals surface area contributed by atoms with Gasteiger partial charge in [-0.25, -0.2) is 9.59 Å². The van der Waals surface area contributed by atoms with Gasteiger partial charge in [-0.3, -0.25) is 4.79 Å². The number of rotatable bonds is 10. The first kappa shape index (κ1) is 20.0. The first-order valence-corrected chi connectivity index (χ1v) is 7.67. The Hall–Kier alpha value is -3.09.